The number of anilines is 1. The van der Waals surface area contributed by atoms with Crippen LogP contribution in [0.5, 0.6) is 0 Å². The van der Waals surface area contributed by atoms with Gasteiger partial charge in [-0.1, -0.05) is 11.6 Å². The standard InChI is InChI=1S/C10H12ClN3O4S/c11-8-1-2-9(13-12-8)14(5-10(15)16)7-3-4-19(17,18)6-7/h1-2,7H,3-6H2,(H,15,16). The molecule has 0 amide bonds. The number of carbonyl (C=O) groups is 1. The van der Waals surface area contributed by atoms with E-state index >= 15 is 0 Å². The first kappa shape index (κ1) is 14.0. The Morgan fingerprint density at radius 3 is 2.68 bits per heavy atom. The zero-order valence-corrected chi connectivity index (χ0v) is 11.4. The smallest absolute Gasteiger partial charge is 0.323 e. The predicted octanol–water partition coefficient (Wildman–Crippen LogP) is 0.208. The molecule has 2 heterocycles. The highest BCUT2D eigenvalue weighted by Gasteiger charge is 2.34. The largest absolute Gasteiger partial charge is 0.480 e. The van der Waals surface area contributed by atoms with E-state index in [0.717, 1.165) is 0 Å². The summed E-state index contributed by atoms with van der Waals surface area (Å²) in [5.74, 6) is -0.741. The maximum Gasteiger partial charge on any atom is 0.323 e. The fraction of sp³-hybridized carbons (Fsp3) is 0.500. The van der Waals surface area contributed by atoms with Crippen molar-refractivity contribution in [1.29, 1.82) is 0 Å². The van der Waals surface area contributed by atoms with Crippen LogP contribution in [0.25, 0.3) is 0 Å². The molecule has 0 aliphatic carbocycles. The van der Waals surface area contributed by atoms with E-state index in [1.54, 1.807) is 0 Å². The van der Waals surface area contributed by atoms with Gasteiger partial charge in [0.05, 0.1) is 11.5 Å². The molecular formula is C10H12ClN3O4S. The number of carboxylic acid groups (broad SMARTS) is 1. The molecule has 0 aromatic carbocycles. The summed E-state index contributed by atoms with van der Waals surface area (Å²) in [4.78, 5) is 12.3. The van der Waals surface area contributed by atoms with E-state index in [4.69, 9.17) is 16.7 Å². The van der Waals surface area contributed by atoms with Crippen molar-refractivity contribution in [2.45, 2.75) is 12.5 Å². The third-order valence-electron chi connectivity index (χ3n) is 2.87. The Bertz CT molecular complexity index is 575. The minimum Gasteiger partial charge on any atom is -0.480 e. The van der Waals surface area contributed by atoms with E-state index in [0.29, 0.717) is 12.2 Å². The fourth-order valence-corrected chi connectivity index (χ4v) is 3.86. The molecule has 7 nitrogen and oxygen atoms in total. The summed E-state index contributed by atoms with van der Waals surface area (Å²) in [6.45, 7) is -0.323. The van der Waals surface area contributed by atoms with Crippen molar-refractivity contribution in [1.82, 2.24) is 10.2 Å². The van der Waals surface area contributed by atoms with E-state index in [9.17, 15) is 13.2 Å². The molecule has 1 atom stereocenters. The molecule has 1 unspecified atom stereocenters. The van der Waals surface area contributed by atoms with Crippen molar-refractivity contribution < 1.29 is 18.3 Å². The van der Waals surface area contributed by atoms with Gasteiger partial charge in [0, 0.05) is 6.04 Å². The summed E-state index contributed by atoms with van der Waals surface area (Å²) in [5.41, 5.74) is 0. The van der Waals surface area contributed by atoms with Gasteiger partial charge in [-0.3, -0.25) is 4.79 Å². The predicted molar refractivity (Wildman–Crippen MR) is 69.1 cm³/mol. The highest BCUT2D eigenvalue weighted by atomic mass is 35.5. The molecule has 0 spiro atoms. The molecule has 2 rings (SSSR count). The molecule has 0 radical (unpaired) electrons. The van der Waals surface area contributed by atoms with E-state index in [1.807, 2.05) is 0 Å². The second-order valence-corrected chi connectivity index (χ2v) is 6.91. The molecule has 0 saturated carbocycles. The number of aromatic nitrogens is 2. The number of halogens is 1. The Balaban J connectivity index is 2.26. The lowest BCUT2D eigenvalue weighted by atomic mass is 10.2. The van der Waals surface area contributed by atoms with Gasteiger partial charge in [-0.15, -0.1) is 10.2 Å². The van der Waals surface area contributed by atoms with E-state index in [1.165, 1.54) is 17.0 Å². The Hall–Kier alpha value is -1.41. The first-order valence-corrected chi connectivity index (χ1v) is 7.75. The van der Waals surface area contributed by atoms with Crippen LogP contribution in [0.2, 0.25) is 5.15 Å². The molecular weight excluding hydrogens is 294 g/mol. The lowest BCUT2D eigenvalue weighted by Crippen LogP contribution is -2.40. The van der Waals surface area contributed by atoms with Crippen LogP contribution in [0.1, 0.15) is 6.42 Å². The monoisotopic (exact) mass is 305 g/mol. The molecule has 104 valence electrons. The second kappa shape index (κ2) is 5.30. The van der Waals surface area contributed by atoms with Crippen LogP contribution in [0.15, 0.2) is 12.1 Å². The molecule has 1 aliphatic rings. The first-order chi connectivity index (χ1) is 8.87. The average Bonchev–Trinajstić information content (AvgIpc) is 2.67. The summed E-state index contributed by atoms with van der Waals surface area (Å²) < 4.78 is 23.0. The number of hydrogen-bond donors (Lipinski definition) is 1. The molecule has 1 aliphatic heterocycles. The number of aliphatic carboxylic acids is 1. The number of rotatable bonds is 4. The van der Waals surface area contributed by atoms with Gasteiger partial charge >= 0.3 is 5.97 Å². The van der Waals surface area contributed by atoms with E-state index in [-0.39, 0.29) is 23.2 Å². The van der Waals surface area contributed by atoms with Crippen molar-refractivity contribution in [3.63, 3.8) is 0 Å². The zero-order chi connectivity index (χ0) is 14.0. The molecule has 1 saturated heterocycles. The number of hydrogen-bond acceptors (Lipinski definition) is 6. The van der Waals surface area contributed by atoms with Gasteiger partial charge in [0.15, 0.2) is 20.8 Å². The summed E-state index contributed by atoms with van der Waals surface area (Å²) in [6, 6.07) is 2.63. The van der Waals surface area contributed by atoms with Gasteiger partial charge in [0.25, 0.3) is 0 Å². The van der Waals surface area contributed by atoms with Crippen LogP contribution < -0.4 is 4.90 Å². The Morgan fingerprint density at radius 2 is 2.21 bits per heavy atom. The zero-order valence-electron chi connectivity index (χ0n) is 9.86. The molecule has 1 N–H and O–H groups in total. The van der Waals surface area contributed by atoms with Crippen LogP contribution in [0, 0.1) is 0 Å². The Labute approximate surface area is 115 Å². The quantitative estimate of drug-likeness (QED) is 0.848. The van der Waals surface area contributed by atoms with Gasteiger partial charge in [0.1, 0.15) is 6.54 Å². The van der Waals surface area contributed by atoms with Gasteiger partial charge in [0.2, 0.25) is 0 Å². The van der Waals surface area contributed by atoms with Gasteiger partial charge in [-0.05, 0) is 18.6 Å². The number of sulfone groups is 1. The van der Waals surface area contributed by atoms with Crippen LogP contribution in [0.4, 0.5) is 5.82 Å². The van der Waals surface area contributed by atoms with E-state index in [2.05, 4.69) is 10.2 Å². The fourth-order valence-electron chi connectivity index (χ4n) is 2.03. The second-order valence-electron chi connectivity index (χ2n) is 4.29. The van der Waals surface area contributed by atoms with Gasteiger partial charge in [-0.2, -0.15) is 0 Å². The highest BCUT2D eigenvalue weighted by Crippen LogP contribution is 2.22. The average molecular weight is 306 g/mol. The molecule has 1 aromatic rings. The summed E-state index contributed by atoms with van der Waals surface area (Å²) in [6.07, 6.45) is 0.389. The summed E-state index contributed by atoms with van der Waals surface area (Å²) in [5, 5.41) is 16.6. The van der Waals surface area contributed by atoms with Crippen LogP contribution in [-0.2, 0) is 14.6 Å². The van der Waals surface area contributed by atoms with Crippen molar-refractivity contribution in [2.24, 2.45) is 0 Å². The number of carboxylic acids is 1. The molecule has 0 bridgehead atoms. The lowest BCUT2D eigenvalue weighted by molar-refractivity contribution is -0.135. The van der Waals surface area contributed by atoms with Gasteiger partial charge in [-0.25, -0.2) is 8.42 Å². The minimum absolute atomic E-state index is 0.0643. The third-order valence-corrected chi connectivity index (χ3v) is 4.82. The van der Waals surface area contributed by atoms with Crippen LogP contribution in [0.3, 0.4) is 0 Å². The summed E-state index contributed by atoms with van der Waals surface area (Å²) in [7, 11) is -3.10. The Kier molecular flexibility index (Phi) is 3.91. The van der Waals surface area contributed by atoms with Crippen LogP contribution >= 0.6 is 11.6 Å². The van der Waals surface area contributed by atoms with Crippen molar-refractivity contribution in [2.75, 3.05) is 23.0 Å². The molecule has 1 aromatic heterocycles. The Morgan fingerprint density at radius 1 is 1.47 bits per heavy atom. The third kappa shape index (κ3) is 3.54. The van der Waals surface area contributed by atoms with Crippen molar-refractivity contribution in [3.05, 3.63) is 17.3 Å². The van der Waals surface area contributed by atoms with Crippen molar-refractivity contribution >= 4 is 33.2 Å². The normalized spacial score (nSPS) is 21.2. The molecule has 1 fully saturated rings. The lowest BCUT2D eigenvalue weighted by Gasteiger charge is -2.26. The van der Waals surface area contributed by atoms with E-state index < -0.39 is 21.8 Å². The molecule has 19 heavy (non-hydrogen) atoms. The molecule has 9 heteroatoms. The van der Waals surface area contributed by atoms with Crippen LogP contribution in [-0.4, -0.2) is 53.8 Å². The van der Waals surface area contributed by atoms with Gasteiger partial charge < -0.3 is 10.0 Å². The maximum absolute atomic E-state index is 11.5. The highest BCUT2D eigenvalue weighted by molar-refractivity contribution is 7.91. The first-order valence-electron chi connectivity index (χ1n) is 5.55. The number of nitrogens with zero attached hydrogens (tertiary/aromatic N) is 3. The minimum atomic E-state index is -3.10. The summed E-state index contributed by atoms with van der Waals surface area (Å²) >= 11 is 5.62. The maximum atomic E-state index is 11.5. The topological polar surface area (TPSA) is 100 Å². The SMILES string of the molecule is O=C(O)CN(c1ccc(Cl)nn1)C1CCS(=O)(=O)C1. The van der Waals surface area contributed by atoms with Crippen molar-refractivity contribution in [3.8, 4) is 0 Å².